The molecule has 0 atom stereocenters. The first-order valence-electron chi connectivity index (χ1n) is 9.02. The normalized spacial score (nSPS) is 10.6. The van der Waals surface area contributed by atoms with Crippen molar-refractivity contribution < 1.29 is 14.3 Å². The summed E-state index contributed by atoms with van der Waals surface area (Å²) in [6.45, 7) is 0. The Hall–Kier alpha value is -3.93. The third kappa shape index (κ3) is 3.87. The fourth-order valence-corrected chi connectivity index (χ4v) is 3.11. The van der Waals surface area contributed by atoms with Crippen LogP contribution >= 0.6 is 0 Å². The van der Waals surface area contributed by atoms with Crippen LogP contribution in [-0.2, 0) is 0 Å². The van der Waals surface area contributed by atoms with Crippen molar-refractivity contribution in [1.82, 2.24) is 9.97 Å². The summed E-state index contributed by atoms with van der Waals surface area (Å²) in [5.41, 5.74) is 3.46. The monoisotopic (exact) mass is 385 g/mol. The fraction of sp³-hybridized carbons (Fsp3) is 0.0870. The SMILES string of the molecule is COc1cc(NC(=O)c2cc(-c3ccncc3)nc3ccccc23)cc(OC)c1. The quantitative estimate of drug-likeness (QED) is 0.545. The molecule has 0 saturated carbocycles. The van der Waals surface area contributed by atoms with Crippen molar-refractivity contribution in [3.05, 3.63) is 78.6 Å². The minimum Gasteiger partial charge on any atom is -0.497 e. The average molecular weight is 385 g/mol. The topological polar surface area (TPSA) is 73.3 Å². The second-order valence-corrected chi connectivity index (χ2v) is 6.36. The Morgan fingerprint density at radius 2 is 1.59 bits per heavy atom. The summed E-state index contributed by atoms with van der Waals surface area (Å²) in [7, 11) is 3.13. The number of ether oxygens (including phenoxy) is 2. The highest BCUT2D eigenvalue weighted by molar-refractivity contribution is 6.13. The smallest absolute Gasteiger partial charge is 0.256 e. The van der Waals surface area contributed by atoms with Crippen molar-refractivity contribution in [2.45, 2.75) is 0 Å². The molecule has 4 aromatic rings. The average Bonchev–Trinajstić information content (AvgIpc) is 2.78. The lowest BCUT2D eigenvalue weighted by Gasteiger charge is -2.12. The summed E-state index contributed by atoms with van der Waals surface area (Å²) in [5, 5.41) is 3.72. The van der Waals surface area contributed by atoms with Gasteiger partial charge in [-0.15, -0.1) is 0 Å². The van der Waals surface area contributed by atoms with E-state index in [1.807, 2.05) is 36.4 Å². The Morgan fingerprint density at radius 1 is 0.897 bits per heavy atom. The van der Waals surface area contributed by atoms with Gasteiger partial charge in [0.25, 0.3) is 5.91 Å². The van der Waals surface area contributed by atoms with Crippen LogP contribution in [0.4, 0.5) is 5.69 Å². The van der Waals surface area contributed by atoms with Gasteiger partial charge in [0.1, 0.15) is 11.5 Å². The van der Waals surface area contributed by atoms with Crippen molar-refractivity contribution in [2.75, 3.05) is 19.5 Å². The second-order valence-electron chi connectivity index (χ2n) is 6.36. The van der Waals surface area contributed by atoms with Gasteiger partial charge in [0, 0.05) is 47.2 Å². The number of carbonyl (C=O) groups is 1. The fourth-order valence-electron chi connectivity index (χ4n) is 3.11. The Labute approximate surface area is 168 Å². The zero-order valence-corrected chi connectivity index (χ0v) is 16.0. The van der Waals surface area contributed by atoms with Crippen molar-refractivity contribution in [2.24, 2.45) is 0 Å². The zero-order valence-electron chi connectivity index (χ0n) is 16.0. The summed E-state index contributed by atoms with van der Waals surface area (Å²) in [4.78, 5) is 21.9. The van der Waals surface area contributed by atoms with Gasteiger partial charge < -0.3 is 14.8 Å². The Balaban J connectivity index is 1.78. The number of rotatable bonds is 5. The molecular formula is C23H19N3O3. The first-order chi connectivity index (χ1) is 14.2. The molecule has 0 radical (unpaired) electrons. The van der Waals surface area contributed by atoms with E-state index in [0.29, 0.717) is 28.4 Å². The molecule has 0 spiro atoms. The van der Waals surface area contributed by atoms with Crippen LogP contribution in [0.3, 0.4) is 0 Å². The predicted molar refractivity (Wildman–Crippen MR) is 112 cm³/mol. The summed E-state index contributed by atoms with van der Waals surface area (Å²) in [5.74, 6) is 0.947. The number of carbonyl (C=O) groups excluding carboxylic acids is 1. The molecule has 0 saturated heterocycles. The lowest BCUT2D eigenvalue weighted by atomic mass is 10.0. The molecule has 0 fully saturated rings. The first kappa shape index (κ1) is 18.4. The lowest BCUT2D eigenvalue weighted by Crippen LogP contribution is -2.13. The molecule has 0 bridgehead atoms. The van der Waals surface area contributed by atoms with Gasteiger partial charge in [-0.25, -0.2) is 4.98 Å². The number of hydrogen-bond acceptors (Lipinski definition) is 5. The van der Waals surface area contributed by atoms with Crippen LogP contribution < -0.4 is 14.8 Å². The van der Waals surface area contributed by atoms with Crippen molar-refractivity contribution in [3.8, 4) is 22.8 Å². The van der Waals surface area contributed by atoms with Gasteiger partial charge in [-0.2, -0.15) is 0 Å². The Kier molecular flexibility index (Phi) is 5.07. The standard InChI is InChI=1S/C23H19N3O3/c1-28-17-11-16(12-18(13-17)29-2)25-23(27)20-14-22(15-7-9-24-10-8-15)26-21-6-4-3-5-19(20)21/h3-14H,1-2H3,(H,25,27). The highest BCUT2D eigenvalue weighted by Gasteiger charge is 2.15. The molecule has 1 amide bonds. The summed E-state index contributed by atoms with van der Waals surface area (Å²) in [6.07, 6.45) is 3.41. The number of aromatic nitrogens is 2. The number of methoxy groups -OCH3 is 2. The number of hydrogen-bond donors (Lipinski definition) is 1. The number of anilines is 1. The zero-order chi connectivity index (χ0) is 20.2. The molecule has 6 nitrogen and oxygen atoms in total. The van der Waals surface area contributed by atoms with Crippen molar-refractivity contribution >= 4 is 22.5 Å². The largest absolute Gasteiger partial charge is 0.497 e. The molecule has 0 unspecified atom stereocenters. The Morgan fingerprint density at radius 3 is 2.28 bits per heavy atom. The van der Waals surface area contributed by atoms with Crippen molar-refractivity contribution in [3.63, 3.8) is 0 Å². The van der Waals surface area contributed by atoms with E-state index in [0.717, 1.165) is 16.5 Å². The van der Waals surface area contributed by atoms with E-state index >= 15 is 0 Å². The van der Waals surface area contributed by atoms with Gasteiger partial charge in [0.15, 0.2) is 0 Å². The number of nitrogens with one attached hydrogen (secondary N) is 1. The predicted octanol–water partition coefficient (Wildman–Crippen LogP) is 4.57. The van der Waals surface area contributed by atoms with Gasteiger partial charge in [0.2, 0.25) is 0 Å². The van der Waals surface area contributed by atoms with Crippen LogP contribution in [0.15, 0.2) is 73.1 Å². The minimum atomic E-state index is -0.241. The summed E-state index contributed by atoms with van der Waals surface area (Å²) >= 11 is 0. The molecular weight excluding hydrogens is 366 g/mol. The number of fused-ring (bicyclic) bond motifs is 1. The van der Waals surface area contributed by atoms with Gasteiger partial charge in [-0.1, -0.05) is 18.2 Å². The number of benzene rings is 2. The number of amides is 1. The van der Waals surface area contributed by atoms with Crippen LogP contribution in [0.2, 0.25) is 0 Å². The highest BCUT2D eigenvalue weighted by Crippen LogP contribution is 2.28. The molecule has 6 heteroatoms. The van der Waals surface area contributed by atoms with Crippen LogP contribution in [-0.4, -0.2) is 30.1 Å². The molecule has 2 heterocycles. The van der Waals surface area contributed by atoms with E-state index in [4.69, 9.17) is 14.5 Å². The molecule has 1 N–H and O–H groups in total. The van der Waals surface area contributed by atoms with Crippen LogP contribution in [0, 0.1) is 0 Å². The van der Waals surface area contributed by atoms with E-state index < -0.39 is 0 Å². The van der Waals surface area contributed by atoms with Gasteiger partial charge in [-0.3, -0.25) is 9.78 Å². The maximum absolute atomic E-state index is 13.2. The van der Waals surface area contributed by atoms with E-state index in [-0.39, 0.29) is 5.91 Å². The molecule has 0 aliphatic rings. The molecule has 0 aliphatic carbocycles. The molecule has 144 valence electrons. The summed E-state index contributed by atoms with van der Waals surface area (Å²) in [6, 6.07) is 18.3. The third-order valence-corrected chi connectivity index (χ3v) is 4.55. The first-order valence-corrected chi connectivity index (χ1v) is 9.02. The van der Waals surface area contributed by atoms with Gasteiger partial charge >= 0.3 is 0 Å². The lowest BCUT2D eigenvalue weighted by molar-refractivity contribution is 0.102. The molecule has 0 aliphatic heterocycles. The second kappa shape index (κ2) is 7.98. The van der Waals surface area contributed by atoms with Crippen LogP contribution in [0.25, 0.3) is 22.2 Å². The van der Waals surface area contributed by atoms with Gasteiger partial charge in [-0.05, 0) is 24.3 Å². The maximum atomic E-state index is 13.2. The molecule has 29 heavy (non-hydrogen) atoms. The maximum Gasteiger partial charge on any atom is 0.256 e. The highest BCUT2D eigenvalue weighted by atomic mass is 16.5. The van der Waals surface area contributed by atoms with E-state index in [9.17, 15) is 4.79 Å². The number of nitrogens with zero attached hydrogens (tertiary/aromatic N) is 2. The summed E-state index contributed by atoms with van der Waals surface area (Å²) < 4.78 is 10.6. The molecule has 2 aromatic heterocycles. The number of para-hydroxylation sites is 1. The van der Waals surface area contributed by atoms with Crippen molar-refractivity contribution in [1.29, 1.82) is 0 Å². The molecule has 4 rings (SSSR count). The third-order valence-electron chi connectivity index (χ3n) is 4.55. The Bertz CT molecular complexity index is 1150. The minimum absolute atomic E-state index is 0.241. The van der Waals surface area contributed by atoms with Crippen LogP contribution in [0.1, 0.15) is 10.4 Å². The van der Waals surface area contributed by atoms with E-state index in [1.165, 1.54) is 0 Å². The van der Waals surface area contributed by atoms with Gasteiger partial charge in [0.05, 0.1) is 31.0 Å². The van der Waals surface area contributed by atoms with E-state index in [1.54, 1.807) is 50.9 Å². The van der Waals surface area contributed by atoms with E-state index in [2.05, 4.69) is 10.3 Å². The van der Waals surface area contributed by atoms with Crippen LogP contribution in [0.5, 0.6) is 11.5 Å². The number of pyridine rings is 2. The molecule has 2 aromatic carbocycles.